The van der Waals surface area contributed by atoms with Gasteiger partial charge in [0.15, 0.2) is 0 Å². The lowest BCUT2D eigenvalue weighted by Gasteiger charge is -2.40. The number of nitro groups is 1. The highest BCUT2D eigenvalue weighted by atomic mass is 19.4. The average molecular weight is 420 g/mol. The van der Waals surface area contributed by atoms with Gasteiger partial charge in [0.1, 0.15) is 6.10 Å². The summed E-state index contributed by atoms with van der Waals surface area (Å²) in [6.07, 6.45) is -8.25. The third-order valence-corrected chi connectivity index (χ3v) is 4.16. The fourth-order valence-electron chi connectivity index (χ4n) is 2.86. The molecule has 1 amide bonds. The van der Waals surface area contributed by atoms with Gasteiger partial charge in [-0.2, -0.15) is 13.2 Å². The largest absolute Gasteiger partial charge is 0.471 e. The Morgan fingerprint density at radius 1 is 1.31 bits per heavy atom. The number of hydrogen-bond donors (Lipinski definition) is 1. The van der Waals surface area contributed by atoms with E-state index in [1.165, 1.54) is 19.1 Å². The Bertz CT molecular complexity index is 754. The second-order valence-corrected chi connectivity index (χ2v) is 6.21. The number of nitro benzene ring substituents is 1. The number of benzene rings is 1. The van der Waals surface area contributed by atoms with E-state index in [0.717, 1.165) is 12.1 Å². The molecule has 1 aliphatic rings. The van der Waals surface area contributed by atoms with Gasteiger partial charge in [-0.25, -0.2) is 4.79 Å². The Morgan fingerprint density at radius 3 is 2.45 bits per heavy atom. The summed E-state index contributed by atoms with van der Waals surface area (Å²) in [5.74, 6) is -3.02. The van der Waals surface area contributed by atoms with Crippen molar-refractivity contribution in [2.45, 2.75) is 51.0 Å². The van der Waals surface area contributed by atoms with Gasteiger partial charge in [-0.3, -0.25) is 14.9 Å². The minimum atomic E-state index is -5.08. The summed E-state index contributed by atoms with van der Waals surface area (Å²) in [6.45, 7) is 3.32. The molecule has 29 heavy (non-hydrogen) atoms. The molecule has 1 aliphatic heterocycles. The van der Waals surface area contributed by atoms with Gasteiger partial charge in [0.05, 0.1) is 22.6 Å². The number of halogens is 3. The van der Waals surface area contributed by atoms with Gasteiger partial charge in [-0.15, -0.1) is 0 Å². The number of esters is 1. The monoisotopic (exact) mass is 420 g/mol. The molecule has 1 aromatic rings. The number of nitrogens with one attached hydrogen (secondary N) is 1. The molecule has 0 spiro atoms. The van der Waals surface area contributed by atoms with Gasteiger partial charge in [-0.05, 0) is 26.0 Å². The Hall–Kier alpha value is -2.73. The summed E-state index contributed by atoms with van der Waals surface area (Å²) in [5, 5.41) is 12.5. The number of carbonyl (C=O) groups is 2. The van der Waals surface area contributed by atoms with E-state index in [4.69, 9.17) is 14.2 Å². The maximum Gasteiger partial charge on any atom is 0.471 e. The molecule has 0 aliphatic carbocycles. The van der Waals surface area contributed by atoms with Crippen LogP contribution in [-0.4, -0.2) is 54.1 Å². The minimum Gasteiger partial charge on any atom is -0.432 e. The van der Waals surface area contributed by atoms with Crippen LogP contribution in [0.1, 0.15) is 30.6 Å². The van der Waals surface area contributed by atoms with Crippen molar-refractivity contribution in [3.63, 3.8) is 0 Å². The molecule has 1 saturated heterocycles. The van der Waals surface area contributed by atoms with Crippen LogP contribution in [-0.2, 0) is 19.0 Å². The number of nitrogens with zero attached hydrogens (tertiary/aromatic N) is 1. The Kier molecular flexibility index (Phi) is 7.14. The molecule has 9 nitrogen and oxygen atoms in total. The van der Waals surface area contributed by atoms with Crippen molar-refractivity contribution in [3.8, 4) is 0 Å². The molecule has 1 N–H and O–H groups in total. The zero-order valence-corrected chi connectivity index (χ0v) is 15.5. The van der Waals surface area contributed by atoms with Crippen molar-refractivity contribution in [1.82, 2.24) is 5.32 Å². The van der Waals surface area contributed by atoms with Gasteiger partial charge in [0.2, 0.25) is 6.29 Å². The number of rotatable bonds is 6. The summed E-state index contributed by atoms with van der Waals surface area (Å²) < 4.78 is 53.9. The fraction of sp³-hybridized carbons (Fsp3) is 0.529. The van der Waals surface area contributed by atoms with Crippen LogP contribution in [0.25, 0.3) is 0 Å². The first-order valence-electron chi connectivity index (χ1n) is 8.63. The number of carbonyl (C=O) groups excluding carboxylic acids is 2. The van der Waals surface area contributed by atoms with Crippen molar-refractivity contribution in [2.75, 3.05) is 6.61 Å². The van der Waals surface area contributed by atoms with Crippen LogP contribution in [0.15, 0.2) is 24.3 Å². The standard InChI is InChI=1S/C17H19F3N2O7/c1-3-27-14-9(2)28-13(8-12(14)21-16(24)17(18,19)20)29-15(23)10-4-6-11(7-5-10)22(25)26/h4-7,9,12-14H,3,8H2,1-2H3,(H,21,24)/t9-,12-,13-,14+/m0/s1. The van der Waals surface area contributed by atoms with E-state index < -0.39 is 47.5 Å². The van der Waals surface area contributed by atoms with Gasteiger partial charge in [0.25, 0.3) is 5.69 Å². The van der Waals surface area contributed by atoms with E-state index in [0.29, 0.717) is 0 Å². The molecule has 0 unspecified atom stereocenters. The van der Waals surface area contributed by atoms with Gasteiger partial charge >= 0.3 is 18.1 Å². The number of hydrogen-bond acceptors (Lipinski definition) is 7. The highest BCUT2D eigenvalue weighted by Crippen LogP contribution is 2.26. The number of amides is 1. The lowest BCUT2D eigenvalue weighted by Crippen LogP contribution is -2.58. The van der Waals surface area contributed by atoms with Crippen LogP contribution in [0.5, 0.6) is 0 Å². The van der Waals surface area contributed by atoms with E-state index in [1.807, 2.05) is 5.32 Å². The molecule has 0 radical (unpaired) electrons. The van der Waals surface area contributed by atoms with Crippen molar-refractivity contribution >= 4 is 17.6 Å². The maximum atomic E-state index is 12.6. The quantitative estimate of drug-likeness (QED) is 0.426. The Balaban J connectivity index is 2.09. The number of ether oxygens (including phenoxy) is 3. The minimum absolute atomic E-state index is 0.00494. The van der Waals surface area contributed by atoms with Gasteiger partial charge < -0.3 is 19.5 Å². The van der Waals surface area contributed by atoms with Gasteiger partial charge in [-0.1, -0.05) is 0 Å². The summed E-state index contributed by atoms with van der Waals surface area (Å²) in [7, 11) is 0. The molecule has 12 heteroatoms. The summed E-state index contributed by atoms with van der Waals surface area (Å²) in [4.78, 5) is 33.6. The van der Waals surface area contributed by atoms with E-state index in [-0.39, 0.29) is 24.3 Å². The van der Waals surface area contributed by atoms with E-state index in [2.05, 4.69) is 0 Å². The first kappa shape index (κ1) is 22.6. The second-order valence-electron chi connectivity index (χ2n) is 6.21. The zero-order chi connectivity index (χ0) is 21.8. The predicted octanol–water partition coefficient (Wildman–Crippen LogP) is 2.34. The third kappa shape index (κ3) is 5.87. The Labute approximate surface area is 163 Å². The highest BCUT2D eigenvalue weighted by Gasteiger charge is 2.45. The molecule has 160 valence electrons. The molecule has 0 aromatic heterocycles. The van der Waals surface area contributed by atoms with Crippen molar-refractivity contribution in [1.29, 1.82) is 0 Å². The molecule has 0 bridgehead atoms. The van der Waals surface area contributed by atoms with Crippen LogP contribution in [0.2, 0.25) is 0 Å². The van der Waals surface area contributed by atoms with Crippen LogP contribution in [0.4, 0.5) is 18.9 Å². The fourth-order valence-corrected chi connectivity index (χ4v) is 2.86. The summed E-state index contributed by atoms with van der Waals surface area (Å²) in [6, 6.07) is 3.47. The first-order valence-corrected chi connectivity index (χ1v) is 8.63. The molecule has 1 aromatic carbocycles. The Morgan fingerprint density at radius 2 is 1.93 bits per heavy atom. The van der Waals surface area contributed by atoms with Crippen LogP contribution in [0, 0.1) is 10.1 Å². The lowest BCUT2D eigenvalue weighted by molar-refractivity contribution is -0.384. The lowest BCUT2D eigenvalue weighted by atomic mass is 9.99. The summed E-state index contributed by atoms with van der Waals surface area (Å²) >= 11 is 0. The first-order chi connectivity index (χ1) is 13.5. The molecule has 4 atom stereocenters. The van der Waals surface area contributed by atoms with Crippen LogP contribution >= 0.6 is 0 Å². The molecular weight excluding hydrogens is 401 g/mol. The van der Waals surface area contributed by atoms with E-state index in [1.54, 1.807) is 6.92 Å². The number of alkyl halides is 3. The maximum absolute atomic E-state index is 12.6. The normalized spacial score (nSPS) is 24.6. The average Bonchev–Trinajstić information content (AvgIpc) is 2.63. The molecular formula is C17H19F3N2O7. The van der Waals surface area contributed by atoms with E-state index >= 15 is 0 Å². The molecule has 2 rings (SSSR count). The smallest absolute Gasteiger partial charge is 0.432 e. The third-order valence-electron chi connectivity index (χ3n) is 4.16. The topological polar surface area (TPSA) is 117 Å². The second kappa shape index (κ2) is 9.18. The van der Waals surface area contributed by atoms with Crippen molar-refractivity contribution < 1.29 is 41.9 Å². The van der Waals surface area contributed by atoms with Crippen molar-refractivity contribution in [2.24, 2.45) is 0 Å². The van der Waals surface area contributed by atoms with Crippen LogP contribution in [0.3, 0.4) is 0 Å². The highest BCUT2D eigenvalue weighted by molar-refractivity contribution is 5.89. The molecule has 1 fully saturated rings. The molecule has 1 heterocycles. The van der Waals surface area contributed by atoms with E-state index in [9.17, 15) is 32.9 Å². The van der Waals surface area contributed by atoms with Crippen molar-refractivity contribution in [3.05, 3.63) is 39.9 Å². The predicted molar refractivity (Wildman–Crippen MR) is 90.9 cm³/mol. The van der Waals surface area contributed by atoms with Crippen LogP contribution < -0.4 is 5.32 Å². The van der Waals surface area contributed by atoms with Gasteiger partial charge in [0, 0.05) is 25.2 Å². The number of non-ortho nitro benzene ring substituents is 1. The SMILES string of the molecule is CCO[C@H]1[C@@H](NC(=O)C(F)(F)F)C[C@H](OC(=O)c2ccc([N+](=O)[O-])cc2)O[C@H]1C. The summed E-state index contributed by atoms with van der Waals surface area (Å²) in [5.41, 5.74) is -0.228. The zero-order valence-electron chi connectivity index (χ0n) is 15.5. The molecule has 0 saturated carbocycles.